The first kappa shape index (κ1) is 12.7. The highest BCUT2D eigenvalue weighted by Gasteiger charge is 2.05. The summed E-state index contributed by atoms with van der Waals surface area (Å²) in [7, 11) is 1.95. The van der Waals surface area contributed by atoms with Crippen molar-refractivity contribution in [3.63, 3.8) is 0 Å². The number of hydrogen-bond donors (Lipinski definition) is 1. The number of carbonyl (C=O) groups excluding carboxylic acids is 1. The number of amides is 1. The fourth-order valence-electron chi connectivity index (χ4n) is 1.70. The maximum atomic E-state index is 11.9. The zero-order chi connectivity index (χ0) is 13.0. The Hall–Kier alpha value is -1.74. The van der Waals surface area contributed by atoms with Gasteiger partial charge >= 0.3 is 0 Å². The largest absolute Gasteiger partial charge is 0.357 e. The standard InChI is InChI=1S/C14H15ClN2O/c1-17-7-6-12(10-17)9-16-14(18)13-4-2-11(8-15)3-5-13/h2-7,10H,8-9H2,1H3,(H,16,18). The molecule has 0 saturated heterocycles. The van der Waals surface area contributed by atoms with E-state index < -0.39 is 0 Å². The van der Waals surface area contributed by atoms with Crippen LogP contribution in [0.25, 0.3) is 0 Å². The van der Waals surface area contributed by atoms with Gasteiger partial charge in [0.05, 0.1) is 0 Å². The van der Waals surface area contributed by atoms with Gasteiger partial charge in [-0.15, -0.1) is 11.6 Å². The third-order valence-corrected chi connectivity index (χ3v) is 3.03. The Morgan fingerprint density at radius 2 is 1.94 bits per heavy atom. The van der Waals surface area contributed by atoms with Crippen LogP contribution in [-0.4, -0.2) is 10.5 Å². The number of aromatic nitrogens is 1. The van der Waals surface area contributed by atoms with E-state index >= 15 is 0 Å². The normalized spacial score (nSPS) is 10.3. The minimum Gasteiger partial charge on any atom is -0.357 e. The summed E-state index contributed by atoms with van der Waals surface area (Å²) in [6.45, 7) is 0.539. The number of alkyl halides is 1. The lowest BCUT2D eigenvalue weighted by atomic mass is 10.1. The molecule has 0 radical (unpaired) electrons. The van der Waals surface area contributed by atoms with Crippen molar-refractivity contribution >= 4 is 17.5 Å². The van der Waals surface area contributed by atoms with Crippen molar-refractivity contribution in [3.8, 4) is 0 Å². The highest BCUT2D eigenvalue weighted by Crippen LogP contribution is 2.07. The summed E-state index contributed by atoms with van der Waals surface area (Å²) in [5, 5.41) is 2.88. The van der Waals surface area contributed by atoms with Crippen molar-refractivity contribution in [2.45, 2.75) is 12.4 Å². The lowest BCUT2D eigenvalue weighted by Crippen LogP contribution is -2.22. The Labute approximate surface area is 111 Å². The molecule has 1 heterocycles. The minimum atomic E-state index is -0.0695. The maximum Gasteiger partial charge on any atom is 0.251 e. The maximum absolute atomic E-state index is 11.9. The van der Waals surface area contributed by atoms with Gasteiger partial charge in [0.1, 0.15) is 0 Å². The van der Waals surface area contributed by atoms with Crippen LogP contribution in [0.5, 0.6) is 0 Å². The van der Waals surface area contributed by atoms with Gasteiger partial charge in [0.25, 0.3) is 5.91 Å². The van der Waals surface area contributed by atoms with E-state index in [2.05, 4.69) is 5.32 Å². The van der Waals surface area contributed by atoms with E-state index in [1.54, 1.807) is 12.1 Å². The van der Waals surface area contributed by atoms with Gasteiger partial charge in [-0.25, -0.2) is 0 Å². The molecule has 0 fully saturated rings. The van der Waals surface area contributed by atoms with Crippen LogP contribution in [0.2, 0.25) is 0 Å². The van der Waals surface area contributed by atoms with Gasteiger partial charge < -0.3 is 9.88 Å². The lowest BCUT2D eigenvalue weighted by Gasteiger charge is -2.04. The Morgan fingerprint density at radius 3 is 2.50 bits per heavy atom. The van der Waals surface area contributed by atoms with Crippen molar-refractivity contribution in [2.75, 3.05) is 0 Å². The molecule has 3 nitrogen and oxygen atoms in total. The molecule has 0 spiro atoms. The predicted octanol–water partition coefficient (Wildman–Crippen LogP) is 2.69. The van der Waals surface area contributed by atoms with Crippen LogP contribution in [0.3, 0.4) is 0 Å². The SMILES string of the molecule is Cn1ccc(CNC(=O)c2ccc(CCl)cc2)c1. The first-order chi connectivity index (χ1) is 8.69. The van der Waals surface area contributed by atoms with E-state index in [1.165, 1.54) is 0 Å². The molecule has 18 heavy (non-hydrogen) atoms. The number of hydrogen-bond acceptors (Lipinski definition) is 1. The van der Waals surface area contributed by atoms with E-state index in [9.17, 15) is 4.79 Å². The quantitative estimate of drug-likeness (QED) is 0.845. The molecule has 0 aliphatic rings. The van der Waals surface area contributed by atoms with Crippen LogP contribution in [0.1, 0.15) is 21.5 Å². The molecule has 0 atom stereocenters. The van der Waals surface area contributed by atoms with Crippen molar-refractivity contribution in [1.29, 1.82) is 0 Å². The van der Waals surface area contributed by atoms with Crippen molar-refractivity contribution in [3.05, 3.63) is 59.4 Å². The van der Waals surface area contributed by atoms with Gasteiger partial charge in [-0.1, -0.05) is 12.1 Å². The summed E-state index contributed by atoms with van der Waals surface area (Å²) in [4.78, 5) is 11.9. The van der Waals surface area contributed by atoms with E-state index in [0.717, 1.165) is 11.1 Å². The van der Waals surface area contributed by atoms with Gasteiger partial charge in [-0.3, -0.25) is 4.79 Å². The molecule has 0 saturated carbocycles. The molecular weight excluding hydrogens is 248 g/mol. The monoisotopic (exact) mass is 262 g/mol. The number of benzene rings is 1. The second kappa shape index (κ2) is 5.74. The second-order valence-corrected chi connectivity index (χ2v) is 4.47. The number of carbonyl (C=O) groups is 1. The first-order valence-electron chi connectivity index (χ1n) is 5.73. The summed E-state index contributed by atoms with van der Waals surface area (Å²) >= 11 is 5.70. The van der Waals surface area contributed by atoms with Gasteiger partial charge in [0.15, 0.2) is 0 Å². The van der Waals surface area contributed by atoms with Gasteiger partial charge in [0.2, 0.25) is 0 Å². The predicted molar refractivity (Wildman–Crippen MR) is 72.6 cm³/mol. The van der Waals surface area contributed by atoms with Crippen LogP contribution in [-0.2, 0) is 19.5 Å². The number of halogens is 1. The fourth-order valence-corrected chi connectivity index (χ4v) is 1.87. The number of aryl methyl sites for hydroxylation is 1. The summed E-state index contributed by atoms with van der Waals surface area (Å²) in [5.74, 6) is 0.395. The molecule has 1 amide bonds. The zero-order valence-electron chi connectivity index (χ0n) is 10.2. The average molecular weight is 263 g/mol. The molecule has 94 valence electrons. The minimum absolute atomic E-state index is 0.0695. The summed E-state index contributed by atoms with van der Waals surface area (Å²) in [6.07, 6.45) is 3.94. The smallest absolute Gasteiger partial charge is 0.251 e. The third-order valence-electron chi connectivity index (χ3n) is 2.72. The Kier molecular flexibility index (Phi) is 4.05. The molecule has 1 N–H and O–H groups in total. The van der Waals surface area contributed by atoms with Crippen molar-refractivity contribution in [1.82, 2.24) is 9.88 Å². The molecule has 1 aromatic carbocycles. The molecule has 4 heteroatoms. The summed E-state index contributed by atoms with van der Waals surface area (Å²) < 4.78 is 1.96. The second-order valence-electron chi connectivity index (χ2n) is 4.20. The lowest BCUT2D eigenvalue weighted by molar-refractivity contribution is 0.0951. The molecule has 0 unspecified atom stereocenters. The molecule has 0 aliphatic heterocycles. The molecular formula is C14H15ClN2O. The van der Waals surface area contributed by atoms with Crippen LogP contribution >= 0.6 is 11.6 Å². The molecule has 2 rings (SSSR count). The number of rotatable bonds is 4. The molecule has 2 aromatic rings. The number of nitrogens with zero attached hydrogens (tertiary/aromatic N) is 1. The number of nitrogens with one attached hydrogen (secondary N) is 1. The van der Waals surface area contributed by atoms with Crippen LogP contribution < -0.4 is 5.32 Å². The van der Waals surface area contributed by atoms with Gasteiger partial charge in [0, 0.05) is 37.4 Å². The van der Waals surface area contributed by atoms with Crippen LogP contribution in [0.4, 0.5) is 0 Å². The van der Waals surface area contributed by atoms with E-state index in [-0.39, 0.29) is 5.91 Å². The Morgan fingerprint density at radius 1 is 1.22 bits per heavy atom. The van der Waals surface area contributed by atoms with Gasteiger partial charge in [-0.2, -0.15) is 0 Å². The van der Waals surface area contributed by atoms with Crippen molar-refractivity contribution in [2.24, 2.45) is 7.05 Å². The highest BCUT2D eigenvalue weighted by atomic mass is 35.5. The van der Waals surface area contributed by atoms with E-state index in [0.29, 0.717) is 18.0 Å². The third kappa shape index (κ3) is 3.14. The fraction of sp³-hybridized carbons (Fsp3) is 0.214. The Balaban J connectivity index is 1.94. The molecule has 1 aromatic heterocycles. The topological polar surface area (TPSA) is 34.0 Å². The van der Waals surface area contributed by atoms with Gasteiger partial charge in [-0.05, 0) is 29.3 Å². The first-order valence-corrected chi connectivity index (χ1v) is 6.26. The molecule has 0 aliphatic carbocycles. The van der Waals surface area contributed by atoms with Crippen LogP contribution in [0, 0.1) is 0 Å². The molecule has 0 bridgehead atoms. The van der Waals surface area contributed by atoms with E-state index in [1.807, 2.05) is 42.2 Å². The van der Waals surface area contributed by atoms with Crippen molar-refractivity contribution < 1.29 is 4.79 Å². The average Bonchev–Trinajstić information content (AvgIpc) is 2.82. The van der Waals surface area contributed by atoms with Crippen LogP contribution in [0.15, 0.2) is 42.7 Å². The summed E-state index contributed by atoms with van der Waals surface area (Å²) in [6, 6.07) is 9.29. The Bertz CT molecular complexity index is 531. The zero-order valence-corrected chi connectivity index (χ0v) is 10.9. The summed E-state index contributed by atoms with van der Waals surface area (Å²) in [5.41, 5.74) is 2.75. The van der Waals surface area contributed by atoms with E-state index in [4.69, 9.17) is 11.6 Å². The highest BCUT2D eigenvalue weighted by molar-refractivity contribution is 6.17.